The van der Waals surface area contributed by atoms with Gasteiger partial charge in [-0.3, -0.25) is 4.79 Å². The molecular formula is C17H16N2O3. The highest BCUT2D eigenvalue weighted by Crippen LogP contribution is 2.26. The van der Waals surface area contributed by atoms with Gasteiger partial charge in [0.25, 0.3) is 5.91 Å². The first-order valence-electron chi connectivity index (χ1n) is 6.93. The zero-order chi connectivity index (χ0) is 15.7. The fraction of sp³-hybridized carbons (Fsp3) is 0.176. The lowest BCUT2D eigenvalue weighted by molar-refractivity contribution is 0.102. The predicted octanol–water partition coefficient (Wildman–Crippen LogP) is 4.11. The van der Waals surface area contributed by atoms with Crippen molar-refractivity contribution in [2.24, 2.45) is 0 Å². The van der Waals surface area contributed by atoms with Gasteiger partial charge in [-0.1, -0.05) is 6.07 Å². The number of amides is 1. The second-order valence-corrected chi connectivity index (χ2v) is 5.19. The molecule has 0 radical (unpaired) electrons. The van der Waals surface area contributed by atoms with Crippen LogP contribution in [0.5, 0.6) is 0 Å². The van der Waals surface area contributed by atoms with Crippen LogP contribution in [0.15, 0.2) is 45.6 Å². The van der Waals surface area contributed by atoms with Crippen LogP contribution < -0.4 is 5.32 Å². The number of rotatable bonds is 3. The summed E-state index contributed by atoms with van der Waals surface area (Å²) in [6.45, 7) is 5.85. The van der Waals surface area contributed by atoms with Crippen LogP contribution in [-0.4, -0.2) is 10.9 Å². The van der Waals surface area contributed by atoms with Crippen LogP contribution in [0.25, 0.3) is 11.5 Å². The summed E-state index contributed by atoms with van der Waals surface area (Å²) in [5.41, 5.74) is 3.20. The van der Waals surface area contributed by atoms with Gasteiger partial charge >= 0.3 is 0 Å². The molecule has 1 N–H and O–H groups in total. The van der Waals surface area contributed by atoms with Gasteiger partial charge in [0, 0.05) is 5.69 Å². The fourth-order valence-electron chi connectivity index (χ4n) is 2.15. The van der Waals surface area contributed by atoms with Crippen molar-refractivity contribution >= 4 is 11.6 Å². The number of oxazole rings is 1. The monoisotopic (exact) mass is 296 g/mol. The van der Waals surface area contributed by atoms with E-state index in [4.69, 9.17) is 8.83 Å². The molecule has 3 aromatic rings. The van der Waals surface area contributed by atoms with Gasteiger partial charge in [-0.2, -0.15) is 0 Å². The molecule has 22 heavy (non-hydrogen) atoms. The largest absolute Gasteiger partial charge is 0.458 e. The lowest BCUT2D eigenvalue weighted by Gasteiger charge is -2.06. The number of aryl methyl sites for hydroxylation is 3. The Hall–Kier alpha value is -2.82. The van der Waals surface area contributed by atoms with Gasteiger partial charge in [0.1, 0.15) is 5.76 Å². The average molecular weight is 296 g/mol. The molecule has 0 spiro atoms. The van der Waals surface area contributed by atoms with Crippen molar-refractivity contribution in [2.45, 2.75) is 20.8 Å². The summed E-state index contributed by atoms with van der Waals surface area (Å²) in [6.07, 6.45) is 1.24. The second kappa shape index (κ2) is 5.52. The maximum atomic E-state index is 12.4. The number of nitrogens with one attached hydrogen (secondary N) is 1. The van der Waals surface area contributed by atoms with E-state index in [1.165, 1.54) is 12.0 Å². The van der Waals surface area contributed by atoms with Crippen molar-refractivity contribution in [3.8, 4) is 11.5 Å². The third-order valence-corrected chi connectivity index (χ3v) is 3.51. The molecule has 5 heteroatoms. The molecule has 112 valence electrons. The van der Waals surface area contributed by atoms with E-state index in [2.05, 4.69) is 10.3 Å². The van der Waals surface area contributed by atoms with Gasteiger partial charge < -0.3 is 14.2 Å². The molecule has 0 aliphatic heterocycles. The smallest absolute Gasteiger partial charge is 0.278 e. The molecule has 1 amide bonds. The number of hydrogen-bond acceptors (Lipinski definition) is 4. The van der Waals surface area contributed by atoms with E-state index in [0.717, 1.165) is 17.0 Å². The maximum absolute atomic E-state index is 12.4. The number of carbonyl (C=O) groups is 1. The first-order chi connectivity index (χ1) is 10.5. The van der Waals surface area contributed by atoms with Crippen molar-refractivity contribution in [1.82, 2.24) is 4.98 Å². The van der Waals surface area contributed by atoms with E-state index in [-0.39, 0.29) is 11.6 Å². The molecule has 0 saturated heterocycles. The summed E-state index contributed by atoms with van der Waals surface area (Å²) in [6, 6.07) is 9.30. The van der Waals surface area contributed by atoms with Crippen molar-refractivity contribution < 1.29 is 13.6 Å². The molecule has 0 saturated carbocycles. The number of anilines is 1. The van der Waals surface area contributed by atoms with Crippen molar-refractivity contribution in [1.29, 1.82) is 0 Å². The lowest BCUT2D eigenvalue weighted by atomic mass is 10.1. The highest BCUT2D eigenvalue weighted by atomic mass is 16.4. The van der Waals surface area contributed by atoms with Gasteiger partial charge in [-0.05, 0) is 56.2 Å². The van der Waals surface area contributed by atoms with Crippen LogP contribution in [0.4, 0.5) is 5.69 Å². The number of carbonyl (C=O) groups excluding carboxylic acids is 1. The minimum Gasteiger partial charge on any atom is -0.458 e. The minimum absolute atomic E-state index is 0.201. The normalized spacial score (nSPS) is 10.7. The number of furan rings is 1. The van der Waals surface area contributed by atoms with Crippen LogP contribution >= 0.6 is 0 Å². The van der Waals surface area contributed by atoms with Crippen molar-refractivity contribution in [3.63, 3.8) is 0 Å². The highest BCUT2D eigenvalue weighted by molar-refractivity contribution is 6.06. The van der Waals surface area contributed by atoms with Crippen LogP contribution in [-0.2, 0) is 0 Å². The van der Waals surface area contributed by atoms with E-state index in [9.17, 15) is 4.79 Å². The number of hydrogen-bond donors (Lipinski definition) is 1. The summed E-state index contributed by atoms with van der Waals surface area (Å²) in [7, 11) is 0. The fourth-order valence-corrected chi connectivity index (χ4v) is 2.15. The van der Waals surface area contributed by atoms with E-state index in [1.54, 1.807) is 6.07 Å². The molecular weight excluding hydrogens is 280 g/mol. The molecule has 0 aliphatic carbocycles. The lowest BCUT2D eigenvalue weighted by Crippen LogP contribution is -2.13. The third-order valence-electron chi connectivity index (χ3n) is 3.51. The minimum atomic E-state index is -0.332. The predicted molar refractivity (Wildman–Crippen MR) is 82.8 cm³/mol. The third kappa shape index (κ3) is 2.65. The Morgan fingerprint density at radius 3 is 2.59 bits per heavy atom. The molecule has 2 heterocycles. The quantitative estimate of drug-likeness (QED) is 0.789. The van der Waals surface area contributed by atoms with E-state index in [0.29, 0.717) is 11.5 Å². The number of benzene rings is 1. The topological polar surface area (TPSA) is 68.3 Å². The standard InChI is InChI=1S/C17H16N2O3/c1-10-4-6-13(8-11(10)2)19-17(20)15-16(21-9-18-15)14-7-5-12(3)22-14/h4-9H,1-3H3,(H,19,20). The van der Waals surface area contributed by atoms with Gasteiger partial charge in [0.15, 0.2) is 17.8 Å². The van der Waals surface area contributed by atoms with Gasteiger partial charge in [0.2, 0.25) is 5.76 Å². The molecule has 0 unspecified atom stereocenters. The SMILES string of the molecule is Cc1ccc(-c2ocnc2C(=O)Nc2ccc(C)c(C)c2)o1. The van der Waals surface area contributed by atoms with Crippen molar-refractivity contribution in [2.75, 3.05) is 5.32 Å². The molecule has 0 atom stereocenters. The summed E-state index contributed by atoms with van der Waals surface area (Å²) >= 11 is 0. The summed E-state index contributed by atoms with van der Waals surface area (Å²) in [5, 5.41) is 2.83. The second-order valence-electron chi connectivity index (χ2n) is 5.19. The Labute approximate surface area is 128 Å². The van der Waals surface area contributed by atoms with Crippen LogP contribution in [0.1, 0.15) is 27.4 Å². The van der Waals surface area contributed by atoms with E-state index in [1.807, 2.05) is 45.0 Å². The van der Waals surface area contributed by atoms with Crippen LogP contribution in [0, 0.1) is 20.8 Å². The zero-order valence-electron chi connectivity index (χ0n) is 12.6. The Bertz CT molecular complexity index is 830. The van der Waals surface area contributed by atoms with Gasteiger partial charge in [-0.25, -0.2) is 4.98 Å². The van der Waals surface area contributed by atoms with Crippen LogP contribution in [0.2, 0.25) is 0 Å². The molecule has 0 aliphatic rings. The Morgan fingerprint density at radius 2 is 1.91 bits per heavy atom. The number of nitrogens with zero attached hydrogens (tertiary/aromatic N) is 1. The van der Waals surface area contributed by atoms with E-state index < -0.39 is 0 Å². The molecule has 0 bridgehead atoms. The van der Waals surface area contributed by atoms with Crippen molar-refractivity contribution in [3.05, 3.63) is 59.3 Å². The first-order valence-corrected chi connectivity index (χ1v) is 6.93. The molecule has 3 rings (SSSR count). The Morgan fingerprint density at radius 1 is 1.09 bits per heavy atom. The number of aromatic nitrogens is 1. The highest BCUT2D eigenvalue weighted by Gasteiger charge is 2.20. The molecule has 5 nitrogen and oxygen atoms in total. The Kier molecular flexibility index (Phi) is 3.55. The first kappa shape index (κ1) is 14.1. The molecule has 1 aromatic carbocycles. The summed E-state index contributed by atoms with van der Waals surface area (Å²) < 4.78 is 10.8. The zero-order valence-corrected chi connectivity index (χ0v) is 12.6. The maximum Gasteiger partial charge on any atom is 0.278 e. The van der Waals surface area contributed by atoms with Crippen LogP contribution in [0.3, 0.4) is 0 Å². The summed E-state index contributed by atoms with van der Waals surface area (Å²) in [4.78, 5) is 16.4. The molecule has 0 fully saturated rings. The molecule has 2 aromatic heterocycles. The summed E-state index contributed by atoms with van der Waals surface area (Å²) in [5.74, 6) is 1.22. The average Bonchev–Trinajstić information content (AvgIpc) is 3.11. The Balaban J connectivity index is 1.87. The van der Waals surface area contributed by atoms with E-state index >= 15 is 0 Å². The van der Waals surface area contributed by atoms with Gasteiger partial charge in [0.05, 0.1) is 0 Å². The van der Waals surface area contributed by atoms with Gasteiger partial charge in [-0.15, -0.1) is 0 Å².